The molecule has 5 heteroatoms. The van der Waals surface area contributed by atoms with Crippen LogP contribution in [0.2, 0.25) is 0 Å². The molecule has 0 aromatic heterocycles. The predicted molar refractivity (Wildman–Crippen MR) is 97.5 cm³/mol. The van der Waals surface area contributed by atoms with Crippen LogP contribution in [0.3, 0.4) is 0 Å². The van der Waals surface area contributed by atoms with E-state index in [1.807, 2.05) is 11.0 Å². The van der Waals surface area contributed by atoms with Gasteiger partial charge in [-0.1, -0.05) is 6.07 Å². The Morgan fingerprint density at radius 1 is 1.16 bits per heavy atom. The number of nitrogens with zero attached hydrogens (tertiary/aromatic N) is 2. The second kappa shape index (κ2) is 6.81. The molecule has 0 saturated carbocycles. The second-order valence-corrected chi connectivity index (χ2v) is 7.18. The van der Waals surface area contributed by atoms with E-state index in [1.165, 1.54) is 17.7 Å². The van der Waals surface area contributed by atoms with Crippen LogP contribution in [-0.4, -0.2) is 56.5 Å². The van der Waals surface area contributed by atoms with Crippen LogP contribution < -0.4 is 4.90 Å². The largest absolute Gasteiger partial charge is 0.374 e. The van der Waals surface area contributed by atoms with E-state index in [0.717, 1.165) is 31.4 Å². The summed E-state index contributed by atoms with van der Waals surface area (Å²) in [5.74, 6) is -0.354. The van der Waals surface area contributed by atoms with E-state index in [-0.39, 0.29) is 5.91 Å². The van der Waals surface area contributed by atoms with Gasteiger partial charge >= 0.3 is 0 Å². The highest BCUT2D eigenvalue weighted by Gasteiger charge is 2.40. The molecule has 1 aromatic carbocycles. The highest BCUT2D eigenvalue weighted by Crippen LogP contribution is 2.31. The van der Waals surface area contributed by atoms with Gasteiger partial charge in [-0.25, -0.2) is 0 Å². The van der Waals surface area contributed by atoms with E-state index < -0.39 is 5.79 Å². The van der Waals surface area contributed by atoms with Gasteiger partial charge in [0.25, 0.3) is 0 Å². The monoisotopic (exact) mass is 342 g/mol. The molecule has 3 heterocycles. The van der Waals surface area contributed by atoms with Gasteiger partial charge in [-0.2, -0.15) is 0 Å². The summed E-state index contributed by atoms with van der Waals surface area (Å²) in [5, 5.41) is 0. The lowest BCUT2D eigenvalue weighted by molar-refractivity contribution is -0.186. The Kier molecular flexibility index (Phi) is 4.52. The summed E-state index contributed by atoms with van der Waals surface area (Å²) < 4.78 is 11.4. The summed E-state index contributed by atoms with van der Waals surface area (Å²) >= 11 is 0. The molecular formula is C20H26N2O3. The van der Waals surface area contributed by atoms with Crippen molar-refractivity contribution in [1.82, 2.24) is 4.90 Å². The van der Waals surface area contributed by atoms with Crippen molar-refractivity contribution >= 4 is 17.7 Å². The highest BCUT2D eigenvalue weighted by atomic mass is 16.7. The van der Waals surface area contributed by atoms with Crippen molar-refractivity contribution in [3.8, 4) is 0 Å². The normalized spacial score (nSPS) is 22.6. The molecule has 2 fully saturated rings. The molecule has 3 aliphatic heterocycles. The maximum absolute atomic E-state index is 12.5. The standard InChI is InChI=1S/C20H26N2O3/c1-21-10-2-3-17-15-16(4-6-18(17)21)5-7-19(23)22-11-8-20(9-12-22)24-13-14-25-20/h4-7,15H,2-3,8-14H2,1H3. The second-order valence-electron chi connectivity index (χ2n) is 7.18. The number of amides is 1. The number of hydrogen-bond donors (Lipinski definition) is 0. The zero-order valence-corrected chi connectivity index (χ0v) is 14.9. The molecule has 0 aliphatic carbocycles. The molecule has 0 bridgehead atoms. The SMILES string of the molecule is CN1CCCc2cc(C=CC(=O)N3CCC4(CC3)OCCO4)ccc21. The van der Waals surface area contributed by atoms with Gasteiger partial charge in [0.2, 0.25) is 5.91 Å². The molecule has 0 N–H and O–H groups in total. The zero-order chi connectivity index (χ0) is 17.3. The van der Waals surface area contributed by atoms with Crippen molar-refractivity contribution in [3.63, 3.8) is 0 Å². The van der Waals surface area contributed by atoms with Gasteiger partial charge in [0.1, 0.15) is 0 Å². The number of anilines is 1. The number of aryl methyl sites for hydroxylation is 1. The number of fused-ring (bicyclic) bond motifs is 1. The Hall–Kier alpha value is -1.85. The summed E-state index contributed by atoms with van der Waals surface area (Å²) in [5.41, 5.74) is 3.78. The number of piperidine rings is 1. The van der Waals surface area contributed by atoms with E-state index in [2.05, 4.69) is 30.1 Å². The molecule has 1 spiro atoms. The van der Waals surface area contributed by atoms with Crippen LogP contribution in [0.25, 0.3) is 6.08 Å². The number of ether oxygens (including phenoxy) is 2. The van der Waals surface area contributed by atoms with Crippen molar-refractivity contribution < 1.29 is 14.3 Å². The first-order chi connectivity index (χ1) is 12.2. The van der Waals surface area contributed by atoms with Gasteiger partial charge in [-0.3, -0.25) is 4.79 Å². The van der Waals surface area contributed by atoms with Gasteiger partial charge < -0.3 is 19.3 Å². The van der Waals surface area contributed by atoms with E-state index in [1.54, 1.807) is 6.08 Å². The molecule has 134 valence electrons. The van der Waals surface area contributed by atoms with Crippen LogP contribution in [0.15, 0.2) is 24.3 Å². The third-order valence-corrected chi connectivity index (χ3v) is 5.52. The average molecular weight is 342 g/mol. The average Bonchev–Trinajstić information content (AvgIpc) is 3.08. The smallest absolute Gasteiger partial charge is 0.246 e. The third-order valence-electron chi connectivity index (χ3n) is 5.52. The van der Waals surface area contributed by atoms with Gasteiger partial charge in [-0.15, -0.1) is 0 Å². The van der Waals surface area contributed by atoms with Crippen molar-refractivity contribution in [2.24, 2.45) is 0 Å². The molecule has 0 unspecified atom stereocenters. The van der Waals surface area contributed by atoms with Crippen LogP contribution in [0.4, 0.5) is 5.69 Å². The fraction of sp³-hybridized carbons (Fsp3) is 0.550. The summed E-state index contributed by atoms with van der Waals surface area (Å²) in [6.07, 6.45) is 7.46. The van der Waals surface area contributed by atoms with Crippen molar-refractivity contribution in [1.29, 1.82) is 0 Å². The van der Waals surface area contributed by atoms with Gasteiger partial charge in [0.15, 0.2) is 5.79 Å². The third kappa shape index (κ3) is 3.44. The molecule has 3 aliphatic rings. The quantitative estimate of drug-likeness (QED) is 0.774. The lowest BCUT2D eigenvalue weighted by Gasteiger charge is -2.37. The molecule has 0 radical (unpaired) electrons. The molecule has 0 atom stereocenters. The molecule has 1 aromatic rings. The number of hydrogen-bond acceptors (Lipinski definition) is 4. The number of carbonyl (C=O) groups excluding carboxylic acids is 1. The predicted octanol–water partition coefficient (Wildman–Crippen LogP) is 2.45. The minimum absolute atomic E-state index is 0.0719. The van der Waals surface area contributed by atoms with Crippen molar-refractivity contribution in [2.75, 3.05) is 44.8 Å². The highest BCUT2D eigenvalue weighted by molar-refractivity contribution is 5.92. The Morgan fingerprint density at radius 3 is 2.68 bits per heavy atom. The number of carbonyl (C=O) groups is 1. The van der Waals surface area contributed by atoms with Crippen LogP contribution in [0.5, 0.6) is 0 Å². The first-order valence-corrected chi connectivity index (χ1v) is 9.24. The Morgan fingerprint density at radius 2 is 1.92 bits per heavy atom. The minimum Gasteiger partial charge on any atom is -0.374 e. The summed E-state index contributed by atoms with van der Waals surface area (Å²) in [6.45, 7) is 3.84. The van der Waals surface area contributed by atoms with E-state index >= 15 is 0 Å². The maximum atomic E-state index is 12.5. The molecular weight excluding hydrogens is 316 g/mol. The fourth-order valence-electron chi connectivity index (χ4n) is 4.04. The summed E-state index contributed by atoms with van der Waals surface area (Å²) in [6, 6.07) is 6.47. The summed E-state index contributed by atoms with van der Waals surface area (Å²) in [7, 11) is 2.14. The van der Waals surface area contributed by atoms with E-state index in [9.17, 15) is 4.79 Å². The maximum Gasteiger partial charge on any atom is 0.246 e. The number of benzene rings is 1. The van der Waals surface area contributed by atoms with E-state index in [4.69, 9.17) is 9.47 Å². The van der Waals surface area contributed by atoms with Gasteiger partial charge in [-0.05, 0) is 42.2 Å². The van der Waals surface area contributed by atoms with Crippen LogP contribution in [-0.2, 0) is 20.7 Å². The van der Waals surface area contributed by atoms with E-state index in [0.29, 0.717) is 26.3 Å². The Balaban J connectivity index is 1.38. The minimum atomic E-state index is -0.426. The van der Waals surface area contributed by atoms with Gasteiger partial charge in [0, 0.05) is 51.3 Å². The Bertz CT molecular complexity index is 670. The van der Waals surface area contributed by atoms with Gasteiger partial charge in [0.05, 0.1) is 13.2 Å². The molecule has 1 amide bonds. The lowest BCUT2D eigenvalue weighted by Crippen LogP contribution is -2.46. The molecule has 25 heavy (non-hydrogen) atoms. The first kappa shape index (κ1) is 16.6. The zero-order valence-electron chi connectivity index (χ0n) is 14.9. The fourth-order valence-corrected chi connectivity index (χ4v) is 4.04. The van der Waals surface area contributed by atoms with Crippen LogP contribution in [0, 0.1) is 0 Å². The number of likely N-dealkylation sites (tertiary alicyclic amines) is 1. The molecule has 4 rings (SSSR count). The first-order valence-electron chi connectivity index (χ1n) is 9.24. The topological polar surface area (TPSA) is 42.0 Å². The van der Waals surface area contributed by atoms with Crippen LogP contribution >= 0.6 is 0 Å². The van der Waals surface area contributed by atoms with Crippen LogP contribution in [0.1, 0.15) is 30.4 Å². The lowest BCUT2D eigenvalue weighted by atomic mass is 9.99. The molecule has 2 saturated heterocycles. The van der Waals surface area contributed by atoms with Crippen molar-refractivity contribution in [2.45, 2.75) is 31.5 Å². The summed E-state index contributed by atoms with van der Waals surface area (Å²) in [4.78, 5) is 16.7. The van der Waals surface area contributed by atoms with Crippen molar-refractivity contribution in [3.05, 3.63) is 35.4 Å². The Labute approximate surface area is 149 Å². The molecule has 5 nitrogen and oxygen atoms in total. The number of rotatable bonds is 2.